The fourth-order valence-electron chi connectivity index (χ4n) is 12.1. The molecule has 4 unspecified atom stereocenters. The van der Waals surface area contributed by atoms with Gasteiger partial charge in [0.1, 0.15) is 6.61 Å². The molecule has 9 heteroatoms. The number of amides is 1. The Hall–Kier alpha value is -1.52. The number of likely N-dealkylation sites (tertiary alicyclic amines) is 1. The van der Waals surface area contributed by atoms with E-state index in [9.17, 15) is 4.79 Å². The minimum Gasteiger partial charge on any atom is -0.395 e. The van der Waals surface area contributed by atoms with E-state index in [0.29, 0.717) is 38.0 Å². The van der Waals surface area contributed by atoms with Crippen molar-refractivity contribution in [2.45, 2.75) is 190 Å². The van der Waals surface area contributed by atoms with E-state index >= 15 is 0 Å². The maximum absolute atomic E-state index is 13.5. The Balaban J connectivity index is 1.12. The second kappa shape index (κ2) is 19.3. The molecule has 1 amide bonds. The van der Waals surface area contributed by atoms with Gasteiger partial charge >= 0.3 is 0 Å². The highest BCUT2D eigenvalue weighted by atomic mass is 31.2. The molecule has 0 radical (unpaired) electrons. The van der Waals surface area contributed by atoms with Crippen molar-refractivity contribution in [3.05, 3.63) is 11.6 Å². The Kier molecular flexibility index (Phi) is 15.6. The van der Waals surface area contributed by atoms with Crippen LogP contribution in [-0.4, -0.2) is 65.2 Å². The first-order chi connectivity index (χ1) is 25.7. The summed E-state index contributed by atoms with van der Waals surface area (Å²) in [5.74, 6) is 5.18. The zero-order valence-corrected chi connectivity index (χ0v) is 36.8. The second-order valence-electron chi connectivity index (χ2n) is 19.3. The highest BCUT2D eigenvalue weighted by Crippen LogP contribution is 2.67. The standard InChI is InChI=1S/C45H77N4O4P/c1-11-37-29-38(53-54(52-26-13-25-46)49(32(4)5)33(6)7)30-48(37)43(50)22-27-51-47-36-20-23-44(9)35(28-36)16-17-39-41-19-18-40(34(8)15-12-14-31(2)3)45(41,10)24-21-42(39)44/h16,31-34,37-42H,11-15,17-24,26-30H2,1-10H3/b47-36+/t34-,37-,38-,39?,40-,41?,42?,44+,45-,54?/m1/s1. The van der Waals surface area contributed by atoms with Gasteiger partial charge in [-0.05, 0) is 132 Å². The summed E-state index contributed by atoms with van der Waals surface area (Å²) in [6.07, 6.45) is 19.0. The highest BCUT2D eigenvalue weighted by Gasteiger charge is 2.59. The summed E-state index contributed by atoms with van der Waals surface area (Å²) in [6, 6.07) is 2.79. The minimum absolute atomic E-state index is 0.0932. The van der Waals surface area contributed by atoms with Crippen LogP contribution in [-0.2, 0) is 18.7 Å². The quantitative estimate of drug-likeness (QED) is 0.0597. The monoisotopic (exact) mass is 769 g/mol. The second-order valence-corrected chi connectivity index (χ2v) is 20.7. The molecule has 0 spiro atoms. The van der Waals surface area contributed by atoms with E-state index in [-0.39, 0.29) is 35.6 Å². The molecule has 1 heterocycles. The Morgan fingerprint density at radius 1 is 1.06 bits per heavy atom. The third-order valence-corrected chi connectivity index (χ3v) is 17.0. The van der Waals surface area contributed by atoms with Gasteiger partial charge in [0.25, 0.3) is 8.53 Å². The van der Waals surface area contributed by atoms with E-state index in [1.807, 2.05) is 4.90 Å². The molecule has 8 nitrogen and oxygen atoms in total. The third kappa shape index (κ3) is 9.77. The van der Waals surface area contributed by atoms with E-state index in [1.54, 1.807) is 5.57 Å². The number of rotatable bonds is 18. The van der Waals surface area contributed by atoms with E-state index in [0.717, 1.165) is 66.9 Å². The molecule has 3 saturated carbocycles. The maximum atomic E-state index is 13.5. The molecule has 5 aliphatic rings. The first-order valence-corrected chi connectivity index (χ1v) is 23.3. The van der Waals surface area contributed by atoms with Crippen molar-refractivity contribution in [3.63, 3.8) is 0 Å². The van der Waals surface area contributed by atoms with Gasteiger partial charge in [0.2, 0.25) is 5.91 Å². The van der Waals surface area contributed by atoms with Crippen molar-refractivity contribution in [3.8, 4) is 6.07 Å². The lowest BCUT2D eigenvalue weighted by atomic mass is 9.47. The highest BCUT2D eigenvalue weighted by molar-refractivity contribution is 7.44. The molecule has 4 aliphatic carbocycles. The fourth-order valence-corrected chi connectivity index (χ4v) is 13.8. The van der Waals surface area contributed by atoms with Gasteiger partial charge in [-0.2, -0.15) is 5.26 Å². The topological polar surface area (TPSA) is 87.4 Å². The SMILES string of the molecule is CC[C@@H]1C[C@@H](OP(OCCC#N)N(C(C)C)C(C)C)CN1C(=O)CCO/N=C1\CC[C@@]2(C)C(=CCC3C2CC[C@@]2(C)C3CC[C@@H]2[C@H](C)CCCC(C)C)C1. The zero-order chi connectivity index (χ0) is 39.2. The molecule has 1 aliphatic heterocycles. The molecule has 54 heavy (non-hydrogen) atoms. The van der Waals surface area contributed by atoms with Gasteiger partial charge in [-0.3, -0.25) is 4.79 Å². The largest absolute Gasteiger partial charge is 0.395 e. The zero-order valence-electron chi connectivity index (χ0n) is 35.9. The molecule has 0 aromatic rings. The van der Waals surface area contributed by atoms with Gasteiger partial charge in [0.15, 0.2) is 0 Å². The van der Waals surface area contributed by atoms with Crippen LogP contribution in [0.5, 0.6) is 0 Å². The lowest BCUT2D eigenvalue weighted by molar-refractivity contribution is -0.133. The average molecular weight is 769 g/mol. The van der Waals surface area contributed by atoms with Crippen LogP contribution < -0.4 is 0 Å². The summed E-state index contributed by atoms with van der Waals surface area (Å²) in [4.78, 5) is 21.4. The number of nitriles is 1. The molecule has 0 aromatic heterocycles. The van der Waals surface area contributed by atoms with Crippen LogP contribution in [0.4, 0.5) is 0 Å². The molecule has 0 aromatic carbocycles. The normalized spacial score (nSPS) is 34.2. The van der Waals surface area contributed by atoms with Crippen LogP contribution in [0.2, 0.25) is 0 Å². The van der Waals surface area contributed by atoms with Gasteiger partial charge < -0.3 is 18.8 Å². The molecular formula is C45H77N4O4P. The van der Waals surface area contributed by atoms with Crippen molar-refractivity contribution < 1.29 is 18.7 Å². The summed E-state index contributed by atoms with van der Waals surface area (Å²) in [5.41, 5.74) is 3.55. The summed E-state index contributed by atoms with van der Waals surface area (Å²) in [7, 11) is -1.34. The van der Waals surface area contributed by atoms with Crippen molar-refractivity contribution in [2.24, 2.45) is 51.5 Å². The number of allylic oxidation sites excluding steroid dienone is 2. The number of carbonyl (C=O) groups is 1. The van der Waals surface area contributed by atoms with Crippen molar-refractivity contribution >= 4 is 20.1 Å². The molecule has 5 rings (SSSR count). The smallest absolute Gasteiger partial charge is 0.259 e. The van der Waals surface area contributed by atoms with Crippen LogP contribution in [0.1, 0.15) is 166 Å². The van der Waals surface area contributed by atoms with Gasteiger partial charge in [0.05, 0.1) is 37.3 Å². The Labute approximate surface area is 331 Å². The first kappa shape index (κ1) is 43.6. The van der Waals surface area contributed by atoms with Crippen LogP contribution >= 0.6 is 8.53 Å². The molecule has 306 valence electrons. The van der Waals surface area contributed by atoms with Gasteiger partial charge in [0, 0.05) is 31.1 Å². The fraction of sp³-hybridized carbons (Fsp3) is 0.889. The van der Waals surface area contributed by atoms with Crippen LogP contribution in [0.3, 0.4) is 0 Å². The number of hydrogen-bond acceptors (Lipinski definition) is 7. The molecule has 1 saturated heterocycles. The van der Waals surface area contributed by atoms with Gasteiger partial charge in [-0.25, -0.2) is 4.67 Å². The number of hydrogen-bond donors (Lipinski definition) is 0. The lowest BCUT2D eigenvalue weighted by Gasteiger charge is -2.58. The van der Waals surface area contributed by atoms with Crippen LogP contribution in [0.25, 0.3) is 0 Å². The average Bonchev–Trinajstić information content (AvgIpc) is 3.70. The molecule has 10 atom stereocenters. The van der Waals surface area contributed by atoms with E-state index in [4.69, 9.17) is 19.1 Å². The Bertz CT molecular complexity index is 1340. The van der Waals surface area contributed by atoms with Crippen molar-refractivity contribution in [1.82, 2.24) is 9.57 Å². The number of fused-ring (bicyclic) bond motifs is 5. The predicted molar refractivity (Wildman–Crippen MR) is 222 cm³/mol. The summed E-state index contributed by atoms with van der Waals surface area (Å²) < 4.78 is 15.0. The first-order valence-electron chi connectivity index (χ1n) is 22.1. The molecule has 0 bridgehead atoms. The van der Waals surface area contributed by atoms with Crippen molar-refractivity contribution in [1.29, 1.82) is 5.26 Å². The summed E-state index contributed by atoms with van der Waals surface area (Å²) >= 11 is 0. The van der Waals surface area contributed by atoms with Crippen molar-refractivity contribution in [2.75, 3.05) is 19.8 Å². The van der Waals surface area contributed by atoms with Gasteiger partial charge in [-0.1, -0.05) is 77.6 Å². The maximum Gasteiger partial charge on any atom is 0.259 e. The van der Waals surface area contributed by atoms with E-state index in [2.05, 4.69) is 91.2 Å². The third-order valence-electron chi connectivity index (χ3n) is 14.8. The Morgan fingerprint density at radius 3 is 2.50 bits per heavy atom. The Morgan fingerprint density at radius 2 is 1.81 bits per heavy atom. The predicted octanol–water partition coefficient (Wildman–Crippen LogP) is 11.5. The minimum atomic E-state index is -1.34. The molecular weight excluding hydrogens is 691 g/mol. The van der Waals surface area contributed by atoms with Crippen LogP contribution in [0, 0.1) is 57.7 Å². The van der Waals surface area contributed by atoms with E-state index in [1.165, 1.54) is 57.8 Å². The summed E-state index contributed by atoms with van der Waals surface area (Å²) in [6.45, 7) is 24.5. The number of oxime groups is 1. The molecule has 0 N–H and O–H groups in total. The van der Waals surface area contributed by atoms with Crippen LogP contribution in [0.15, 0.2) is 16.8 Å². The summed E-state index contributed by atoms with van der Waals surface area (Å²) in [5, 5.41) is 13.7. The number of nitrogens with zero attached hydrogens (tertiary/aromatic N) is 4. The van der Waals surface area contributed by atoms with E-state index < -0.39 is 8.53 Å². The van der Waals surface area contributed by atoms with Gasteiger partial charge in [-0.15, -0.1) is 0 Å². The molecule has 4 fully saturated rings. The number of carbonyl (C=O) groups excluding carboxylic acids is 1. The lowest BCUT2D eigenvalue weighted by Crippen LogP contribution is -2.50.